The molecule has 1 aromatic rings. The van der Waals surface area contributed by atoms with Gasteiger partial charge in [0.05, 0.1) is 28.6 Å². The summed E-state index contributed by atoms with van der Waals surface area (Å²) >= 11 is 7.33. The fourth-order valence-corrected chi connectivity index (χ4v) is 10.6. The highest BCUT2D eigenvalue weighted by atomic mass is 35.5. The van der Waals surface area contributed by atoms with Crippen molar-refractivity contribution in [3.05, 3.63) is 40.6 Å². The minimum absolute atomic E-state index is 0.0233. The molecule has 192 valence electrons. The van der Waals surface area contributed by atoms with Crippen molar-refractivity contribution in [2.45, 2.75) is 75.3 Å². The lowest BCUT2D eigenvalue weighted by Crippen LogP contribution is -2.77. The molecule has 7 nitrogen and oxygen atoms in total. The first-order valence-corrected chi connectivity index (χ1v) is 17.4. The molecule has 0 radical (unpaired) electrons. The quantitative estimate of drug-likeness (QED) is 0.297. The van der Waals surface area contributed by atoms with Gasteiger partial charge in [0, 0.05) is 13.0 Å². The average molecular weight is 541 g/mol. The van der Waals surface area contributed by atoms with Gasteiger partial charge >= 0.3 is 10.1 Å². The topological polar surface area (TPSA) is 83.6 Å². The molecule has 2 spiro atoms. The van der Waals surface area contributed by atoms with E-state index in [2.05, 4.69) is 26.6 Å². The fraction of sp³-hybridized carbons (Fsp3) is 0.680. The summed E-state index contributed by atoms with van der Waals surface area (Å²) in [6.45, 7) is 12.7. The molecule has 2 saturated heterocycles. The summed E-state index contributed by atoms with van der Waals surface area (Å²) < 4.78 is 59.2. The third kappa shape index (κ3) is 2.59. The van der Waals surface area contributed by atoms with Crippen LogP contribution in [-0.4, -0.2) is 54.0 Å². The zero-order valence-electron chi connectivity index (χ0n) is 21.2. The number of aryl methyl sites for hydroxylation is 1. The number of halogens is 1. The maximum absolute atomic E-state index is 13.5. The Morgan fingerprint density at radius 2 is 1.83 bits per heavy atom. The van der Waals surface area contributed by atoms with E-state index >= 15 is 0 Å². The molecule has 10 heteroatoms. The molecule has 0 N–H and O–H groups in total. The molecule has 4 bridgehead atoms. The Morgan fingerprint density at radius 1 is 1.17 bits per heavy atom. The normalized spacial score (nSPS) is 45.5. The highest BCUT2D eigenvalue weighted by molar-refractivity contribution is 7.86. The van der Waals surface area contributed by atoms with Crippen molar-refractivity contribution >= 4 is 30.0 Å². The van der Waals surface area contributed by atoms with Crippen LogP contribution in [0, 0.1) is 29.6 Å². The second-order valence-electron chi connectivity index (χ2n) is 11.9. The molecule has 2 saturated carbocycles. The first-order chi connectivity index (χ1) is 16.2. The van der Waals surface area contributed by atoms with Gasteiger partial charge in [-0.1, -0.05) is 36.2 Å². The Hall–Kier alpha value is -0.943. The van der Waals surface area contributed by atoms with Crippen molar-refractivity contribution in [1.82, 2.24) is 0 Å². The molecule has 2 aliphatic heterocycles. The molecular formula is C25H33ClO7SSi. The van der Waals surface area contributed by atoms with Gasteiger partial charge in [0.1, 0.15) is 22.4 Å². The first-order valence-electron chi connectivity index (χ1n) is 12.2. The lowest BCUT2D eigenvalue weighted by molar-refractivity contribution is -0.334. The van der Waals surface area contributed by atoms with Crippen molar-refractivity contribution in [1.29, 1.82) is 0 Å². The Balaban J connectivity index is 1.60. The minimum atomic E-state index is -4.16. The van der Waals surface area contributed by atoms with Crippen LogP contribution in [0.5, 0.6) is 0 Å². The van der Waals surface area contributed by atoms with Gasteiger partial charge in [-0.05, 0) is 58.0 Å². The van der Waals surface area contributed by atoms with Crippen LogP contribution < -0.4 is 0 Å². The Labute approximate surface area is 213 Å². The third-order valence-corrected chi connectivity index (χ3v) is 11.9. The summed E-state index contributed by atoms with van der Waals surface area (Å²) in [7, 11) is -4.70. The van der Waals surface area contributed by atoms with Crippen LogP contribution in [-0.2, 0) is 32.9 Å². The molecule has 4 aliphatic carbocycles. The van der Waals surface area contributed by atoms with Crippen LogP contribution in [0.25, 0.3) is 0 Å². The van der Waals surface area contributed by atoms with Gasteiger partial charge in [-0.25, -0.2) is 0 Å². The Bertz CT molecular complexity index is 1240. The van der Waals surface area contributed by atoms with Gasteiger partial charge in [-0.2, -0.15) is 8.42 Å². The van der Waals surface area contributed by atoms with Crippen molar-refractivity contribution in [3.8, 4) is 0 Å². The van der Waals surface area contributed by atoms with Crippen molar-refractivity contribution in [3.63, 3.8) is 0 Å². The summed E-state index contributed by atoms with van der Waals surface area (Å²) in [6.07, 6.45) is 0.279. The van der Waals surface area contributed by atoms with E-state index in [-0.39, 0.29) is 28.6 Å². The zero-order valence-corrected chi connectivity index (χ0v) is 23.7. The number of epoxide rings is 1. The van der Waals surface area contributed by atoms with Gasteiger partial charge in [0.15, 0.2) is 8.32 Å². The number of methoxy groups -OCH3 is 1. The lowest BCUT2D eigenvalue weighted by atomic mass is 9.44. The Morgan fingerprint density at radius 3 is 2.43 bits per heavy atom. The lowest BCUT2D eigenvalue weighted by Gasteiger charge is -2.66. The summed E-state index contributed by atoms with van der Waals surface area (Å²) in [5.74, 6) is -1.18. The van der Waals surface area contributed by atoms with E-state index in [0.717, 1.165) is 12.0 Å². The van der Waals surface area contributed by atoms with Crippen LogP contribution in [0.2, 0.25) is 19.6 Å². The molecule has 1 aromatic carbocycles. The molecule has 0 aromatic heterocycles. The summed E-state index contributed by atoms with van der Waals surface area (Å²) in [6, 6.07) is 6.60. The molecule has 4 fully saturated rings. The standard InChI is InChI=1S/C25H33ClO7SSi/c1-14-8-10-16(11-9-14)34(27,28)32-20-19(26)23-15(2)12-18-24(23,31-18)17-13-30-25(29-4,22(17,20)3)21(23)33-35(5,6)7/h8-11,15,17-18,21H,12-13H2,1-7H3/t15-,17?,18?,21?,22?,23?,24?,25?/m1/s1. The third-order valence-electron chi connectivity index (χ3n) is 9.22. The van der Waals surface area contributed by atoms with E-state index < -0.39 is 46.8 Å². The maximum Gasteiger partial charge on any atom is 0.338 e. The molecule has 2 heterocycles. The van der Waals surface area contributed by atoms with Gasteiger partial charge in [0.25, 0.3) is 0 Å². The van der Waals surface area contributed by atoms with Crippen LogP contribution >= 0.6 is 11.6 Å². The minimum Gasteiger partial charge on any atom is -0.408 e. The summed E-state index contributed by atoms with van der Waals surface area (Å²) in [5.41, 5.74) is -1.48. The highest BCUT2D eigenvalue weighted by Gasteiger charge is 2.96. The smallest absolute Gasteiger partial charge is 0.338 e. The molecule has 6 aliphatic rings. The van der Waals surface area contributed by atoms with Gasteiger partial charge in [-0.3, -0.25) is 0 Å². The second-order valence-corrected chi connectivity index (χ2v) is 18.3. The fourth-order valence-electron chi connectivity index (χ4n) is 7.83. The van der Waals surface area contributed by atoms with Crippen LogP contribution in [0.15, 0.2) is 40.0 Å². The van der Waals surface area contributed by atoms with E-state index in [4.69, 9.17) is 34.4 Å². The molecular weight excluding hydrogens is 508 g/mol. The molecule has 0 amide bonds. The molecule has 7 rings (SSSR count). The van der Waals surface area contributed by atoms with Crippen molar-refractivity contribution < 1.29 is 31.2 Å². The van der Waals surface area contributed by atoms with E-state index in [9.17, 15) is 8.42 Å². The van der Waals surface area contributed by atoms with Crippen molar-refractivity contribution in [2.24, 2.45) is 22.7 Å². The number of hydrogen-bond acceptors (Lipinski definition) is 7. The number of ether oxygens (including phenoxy) is 3. The maximum atomic E-state index is 13.5. The van der Waals surface area contributed by atoms with E-state index in [0.29, 0.717) is 11.6 Å². The van der Waals surface area contributed by atoms with Gasteiger partial charge in [0.2, 0.25) is 5.79 Å². The molecule has 35 heavy (non-hydrogen) atoms. The Kier molecular flexibility index (Phi) is 4.82. The van der Waals surface area contributed by atoms with E-state index in [1.54, 1.807) is 31.4 Å². The molecule has 8 atom stereocenters. The van der Waals surface area contributed by atoms with E-state index in [1.165, 1.54) is 0 Å². The van der Waals surface area contributed by atoms with Gasteiger partial charge < -0.3 is 22.8 Å². The zero-order chi connectivity index (χ0) is 25.4. The SMILES string of the molecule is COC12OCC3C1(C)C(OS(=O)(=O)c1ccc(C)cc1)=C(Cl)C1(C2O[Si](C)(C)C)[C@H](C)CC2OC231. The second kappa shape index (κ2) is 6.92. The van der Waals surface area contributed by atoms with Crippen molar-refractivity contribution in [2.75, 3.05) is 13.7 Å². The first kappa shape index (κ1) is 24.4. The average Bonchev–Trinajstić information content (AvgIpc) is 3.29. The highest BCUT2D eigenvalue weighted by Crippen LogP contribution is 2.85. The molecule has 7 unspecified atom stereocenters. The number of benzene rings is 1. The van der Waals surface area contributed by atoms with Crippen LogP contribution in [0.4, 0.5) is 0 Å². The van der Waals surface area contributed by atoms with E-state index in [1.807, 2.05) is 13.8 Å². The predicted molar refractivity (Wildman–Crippen MR) is 132 cm³/mol. The number of hydrogen-bond donors (Lipinski definition) is 0. The summed E-state index contributed by atoms with van der Waals surface area (Å²) in [5, 5.41) is 0.376. The predicted octanol–water partition coefficient (Wildman–Crippen LogP) is 4.56. The van der Waals surface area contributed by atoms with Gasteiger partial charge in [-0.15, -0.1) is 0 Å². The summed E-state index contributed by atoms with van der Waals surface area (Å²) in [4.78, 5) is 0.0759. The largest absolute Gasteiger partial charge is 0.408 e. The monoisotopic (exact) mass is 540 g/mol. The number of rotatable bonds is 6. The van der Waals surface area contributed by atoms with Crippen LogP contribution in [0.3, 0.4) is 0 Å². The van der Waals surface area contributed by atoms with Crippen LogP contribution in [0.1, 0.15) is 25.8 Å².